The highest BCUT2D eigenvalue weighted by Gasteiger charge is 2.07. The van der Waals surface area contributed by atoms with Crippen LogP contribution in [0.4, 0.5) is 0 Å². The summed E-state index contributed by atoms with van der Waals surface area (Å²) in [7, 11) is 0. The van der Waals surface area contributed by atoms with Crippen LogP contribution < -0.4 is 5.32 Å². The van der Waals surface area contributed by atoms with E-state index in [0.29, 0.717) is 6.42 Å². The third kappa shape index (κ3) is 7.60. The van der Waals surface area contributed by atoms with Crippen molar-refractivity contribution < 1.29 is 9.59 Å². The summed E-state index contributed by atoms with van der Waals surface area (Å²) in [6, 6.07) is 9.76. The molecule has 1 amide bonds. The molecule has 0 aliphatic rings. The number of carbonyl (C=O) groups excluding carboxylic acids is 2. The maximum Gasteiger partial charge on any atom is 0.217 e. The van der Waals surface area contributed by atoms with Gasteiger partial charge in [-0.1, -0.05) is 44.2 Å². The summed E-state index contributed by atoms with van der Waals surface area (Å²) < 4.78 is 0. The molecule has 1 atom stereocenters. The molecule has 0 aromatic heterocycles. The van der Waals surface area contributed by atoms with Crippen LogP contribution >= 0.6 is 0 Å². The van der Waals surface area contributed by atoms with Crippen LogP contribution in [0.3, 0.4) is 0 Å². The van der Waals surface area contributed by atoms with Crippen molar-refractivity contribution in [3.63, 3.8) is 0 Å². The Morgan fingerprint density at radius 1 is 1.28 bits per heavy atom. The van der Waals surface area contributed by atoms with Crippen LogP contribution in [-0.4, -0.2) is 18.2 Å². The zero-order valence-corrected chi connectivity index (χ0v) is 11.5. The smallest absolute Gasteiger partial charge is 0.217 e. The van der Waals surface area contributed by atoms with E-state index in [1.54, 1.807) is 0 Å². The Labute approximate surface area is 110 Å². The maximum absolute atomic E-state index is 10.8. The summed E-state index contributed by atoms with van der Waals surface area (Å²) in [6.45, 7) is 5.42. The topological polar surface area (TPSA) is 46.2 Å². The molecule has 100 valence electrons. The van der Waals surface area contributed by atoms with Gasteiger partial charge in [0.25, 0.3) is 0 Å². The Hall–Kier alpha value is -1.64. The Morgan fingerprint density at radius 2 is 1.89 bits per heavy atom. The third-order valence-corrected chi connectivity index (χ3v) is 2.38. The van der Waals surface area contributed by atoms with Gasteiger partial charge in [-0.15, -0.1) is 0 Å². The molecule has 1 N–H and O–H groups in total. The van der Waals surface area contributed by atoms with Crippen LogP contribution in [0.1, 0.15) is 39.2 Å². The SMILES string of the molecule is CC.CC(=O)NC(C=O)CCCc1ccccc1. The van der Waals surface area contributed by atoms with E-state index in [4.69, 9.17) is 0 Å². The van der Waals surface area contributed by atoms with E-state index in [9.17, 15) is 9.59 Å². The minimum Gasteiger partial charge on any atom is -0.347 e. The quantitative estimate of drug-likeness (QED) is 0.788. The van der Waals surface area contributed by atoms with Crippen molar-refractivity contribution in [3.8, 4) is 0 Å². The molecule has 1 aromatic carbocycles. The molecule has 0 radical (unpaired) electrons. The van der Waals surface area contributed by atoms with Gasteiger partial charge in [-0.2, -0.15) is 0 Å². The van der Waals surface area contributed by atoms with Gasteiger partial charge in [-0.3, -0.25) is 4.79 Å². The number of carbonyl (C=O) groups is 2. The van der Waals surface area contributed by atoms with E-state index in [-0.39, 0.29) is 11.9 Å². The molecule has 0 fully saturated rings. The second-order valence-corrected chi connectivity index (χ2v) is 3.82. The Kier molecular flexibility index (Phi) is 9.55. The number of rotatable bonds is 6. The Morgan fingerprint density at radius 3 is 2.39 bits per heavy atom. The summed E-state index contributed by atoms with van der Waals surface area (Å²) in [5.74, 6) is -0.156. The van der Waals surface area contributed by atoms with Crippen LogP contribution in [0.15, 0.2) is 30.3 Å². The molecule has 1 unspecified atom stereocenters. The first-order valence-corrected chi connectivity index (χ1v) is 6.48. The van der Waals surface area contributed by atoms with E-state index in [0.717, 1.165) is 19.1 Å². The fourth-order valence-electron chi connectivity index (χ4n) is 1.61. The zero-order chi connectivity index (χ0) is 13.8. The maximum atomic E-state index is 10.8. The summed E-state index contributed by atoms with van der Waals surface area (Å²) in [5, 5.41) is 2.61. The van der Waals surface area contributed by atoms with E-state index in [2.05, 4.69) is 17.4 Å². The number of hydrogen-bond acceptors (Lipinski definition) is 2. The normalized spacial score (nSPS) is 10.8. The van der Waals surface area contributed by atoms with Gasteiger partial charge in [0.2, 0.25) is 5.91 Å². The standard InChI is InChI=1S/C13H17NO2.C2H6/c1-11(16)14-13(10-15)9-5-8-12-6-3-2-4-7-12;1-2/h2-4,6-7,10,13H,5,8-9H2,1H3,(H,14,16);1-2H3. The molecule has 1 aromatic rings. The first-order chi connectivity index (χ1) is 8.72. The molecule has 0 heterocycles. The van der Waals surface area contributed by atoms with Crippen molar-refractivity contribution in [2.75, 3.05) is 0 Å². The van der Waals surface area contributed by atoms with Gasteiger partial charge >= 0.3 is 0 Å². The predicted octanol–water partition coefficient (Wildman–Crippen LogP) is 2.74. The van der Waals surface area contributed by atoms with Crippen LogP contribution in [0.5, 0.6) is 0 Å². The molecule has 18 heavy (non-hydrogen) atoms. The molecule has 3 nitrogen and oxygen atoms in total. The molecule has 0 bridgehead atoms. The molecule has 0 saturated carbocycles. The van der Waals surface area contributed by atoms with E-state index < -0.39 is 0 Å². The summed E-state index contributed by atoms with van der Waals surface area (Å²) in [4.78, 5) is 21.4. The minimum atomic E-state index is -0.346. The van der Waals surface area contributed by atoms with Gasteiger partial charge in [-0.05, 0) is 24.8 Å². The first kappa shape index (κ1) is 16.4. The van der Waals surface area contributed by atoms with Gasteiger partial charge in [-0.25, -0.2) is 0 Å². The molecule has 0 saturated heterocycles. The second kappa shape index (κ2) is 10.5. The van der Waals surface area contributed by atoms with Crippen molar-refractivity contribution in [1.29, 1.82) is 0 Å². The number of aldehydes is 1. The van der Waals surface area contributed by atoms with Crippen molar-refractivity contribution in [3.05, 3.63) is 35.9 Å². The summed E-state index contributed by atoms with van der Waals surface area (Å²) >= 11 is 0. The van der Waals surface area contributed by atoms with Crippen molar-refractivity contribution >= 4 is 12.2 Å². The lowest BCUT2D eigenvalue weighted by Gasteiger charge is -2.10. The lowest BCUT2D eigenvalue weighted by Crippen LogP contribution is -2.34. The summed E-state index contributed by atoms with van der Waals surface area (Å²) in [6.07, 6.45) is 3.32. The van der Waals surface area contributed by atoms with Gasteiger partial charge in [0, 0.05) is 6.92 Å². The van der Waals surface area contributed by atoms with Crippen molar-refractivity contribution in [2.24, 2.45) is 0 Å². The van der Waals surface area contributed by atoms with E-state index >= 15 is 0 Å². The number of amides is 1. The first-order valence-electron chi connectivity index (χ1n) is 6.48. The van der Waals surface area contributed by atoms with Crippen LogP contribution in [-0.2, 0) is 16.0 Å². The molecule has 3 heteroatoms. The van der Waals surface area contributed by atoms with Gasteiger partial charge < -0.3 is 10.1 Å². The predicted molar refractivity (Wildman–Crippen MR) is 74.4 cm³/mol. The fourth-order valence-corrected chi connectivity index (χ4v) is 1.61. The van der Waals surface area contributed by atoms with E-state index in [1.165, 1.54) is 12.5 Å². The molecule has 1 rings (SSSR count). The Bertz CT molecular complexity index is 336. The monoisotopic (exact) mass is 249 g/mol. The molecular formula is C15H23NO2. The molecule has 0 spiro atoms. The molecular weight excluding hydrogens is 226 g/mol. The summed E-state index contributed by atoms with van der Waals surface area (Å²) in [5.41, 5.74) is 1.26. The highest BCUT2D eigenvalue weighted by molar-refractivity contribution is 5.77. The Balaban J connectivity index is 0.00000137. The van der Waals surface area contributed by atoms with E-state index in [1.807, 2.05) is 32.0 Å². The lowest BCUT2D eigenvalue weighted by atomic mass is 10.1. The third-order valence-electron chi connectivity index (χ3n) is 2.38. The van der Waals surface area contributed by atoms with Crippen molar-refractivity contribution in [2.45, 2.75) is 46.1 Å². The highest BCUT2D eigenvalue weighted by Crippen LogP contribution is 2.05. The number of benzene rings is 1. The number of hydrogen-bond donors (Lipinski definition) is 1. The minimum absolute atomic E-state index is 0.156. The number of aryl methyl sites for hydroxylation is 1. The van der Waals surface area contributed by atoms with Crippen LogP contribution in [0, 0.1) is 0 Å². The largest absolute Gasteiger partial charge is 0.347 e. The van der Waals surface area contributed by atoms with Crippen molar-refractivity contribution in [1.82, 2.24) is 5.32 Å². The second-order valence-electron chi connectivity index (χ2n) is 3.82. The molecule has 0 aliphatic heterocycles. The fraction of sp³-hybridized carbons (Fsp3) is 0.467. The van der Waals surface area contributed by atoms with Gasteiger partial charge in [0.15, 0.2) is 0 Å². The van der Waals surface area contributed by atoms with Crippen LogP contribution in [0.2, 0.25) is 0 Å². The average molecular weight is 249 g/mol. The number of nitrogens with one attached hydrogen (secondary N) is 1. The highest BCUT2D eigenvalue weighted by atomic mass is 16.2. The van der Waals surface area contributed by atoms with Gasteiger partial charge in [0.05, 0.1) is 6.04 Å². The lowest BCUT2D eigenvalue weighted by molar-refractivity contribution is -0.122. The van der Waals surface area contributed by atoms with Crippen LogP contribution in [0.25, 0.3) is 0 Å². The zero-order valence-electron chi connectivity index (χ0n) is 11.5. The molecule has 0 aliphatic carbocycles. The van der Waals surface area contributed by atoms with Gasteiger partial charge in [0.1, 0.15) is 6.29 Å². The average Bonchev–Trinajstić information content (AvgIpc) is 2.40.